The molecule has 1 unspecified atom stereocenters. The first-order valence-electron chi connectivity index (χ1n) is 10.4. The quantitative estimate of drug-likeness (QED) is 0.285. The Bertz CT molecular complexity index is 878. The molecular formula is C23H32ClIN4O3. The molecule has 0 aromatic heterocycles. The van der Waals surface area contributed by atoms with E-state index in [1.165, 1.54) is 0 Å². The molecule has 2 aromatic carbocycles. The Balaban J connectivity index is 0.00000363. The van der Waals surface area contributed by atoms with E-state index in [1.54, 1.807) is 21.3 Å². The maximum absolute atomic E-state index is 6.53. The maximum Gasteiger partial charge on any atom is 0.191 e. The molecule has 1 atom stereocenters. The number of rotatable bonds is 8. The van der Waals surface area contributed by atoms with Crippen LogP contribution in [0, 0.1) is 0 Å². The van der Waals surface area contributed by atoms with Crippen molar-refractivity contribution in [3.8, 4) is 11.5 Å². The van der Waals surface area contributed by atoms with Crippen LogP contribution in [-0.4, -0.2) is 65.0 Å². The zero-order chi connectivity index (χ0) is 22.1. The van der Waals surface area contributed by atoms with Crippen molar-refractivity contribution in [2.45, 2.75) is 12.6 Å². The zero-order valence-corrected chi connectivity index (χ0v) is 21.9. The highest BCUT2D eigenvalue weighted by Gasteiger charge is 2.24. The van der Waals surface area contributed by atoms with Gasteiger partial charge in [0, 0.05) is 38.2 Å². The minimum absolute atomic E-state index is 0. The van der Waals surface area contributed by atoms with E-state index in [4.69, 9.17) is 25.8 Å². The number of morpholine rings is 1. The number of benzene rings is 2. The van der Waals surface area contributed by atoms with Crippen LogP contribution < -0.4 is 20.1 Å². The van der Waals surface area contributed by atoms with Crippen LogP contribution in [0.4, 0.5) is 0 Å². The van der Waals surface area contributed by atoms with Gasteiger partial charge < -0.3 is 24.8 Å². The van der Waals surface area contributed by atoms with Gasteiger partial charge in [0.05, 0.1) is 33.5 Å². The van der Waals surface area contributed by atoms with Gasteiger partial charge in [-0.1, -0.05) is 35.9 Å². The van der Waals surface area contributed by atoms with Crippen molar-refractivity contribution in [3.05, 3.63) is 58.6 Å². The summed E-state index contributed by atoms with van der Waals surface area (Å²) in [4.78, 5) is 6.78. The molecule has 1 aliphatic rings. The fourth-order valence-electron chi connectivity index (χ4n) is 3.66. The molecule has 0 aliphatic carbocycles. The summed E-state index contributed by atoms with van der Waals surface area (Å²) in [6.45, 7) is 4.48. The Morgan fingerprint density at radius 3 is 2.47 bits per heavy atom. The summed E-state index contributed by atoms with van der Waals surface area (Å²) >= 11 is 6.53. The zero-order valence-electron chi connectivity index (χ0n) is 18.8. The van der Waals surface area contributed by atoms with E-state index >= 15 is 0 Å². The molecule has 32 heavy (non-hydrogen) atoms. The molecule has 176 valence electrons. The maximum atomic E-state index is 6.53. The van der Waals surface area contributed by atoms with Crippen LogP contribution >= 0.6 is 35.6 Å². The summed E-state index contributed by atoms with van der Waals surface area (Å²) in [5.41, 5.74) is 2.17. The molecule has 1 fully saturated rings. The van der Waals surface area contributed by atoms with E-state index in [0.29, 0.717) is 24.6 Å². The fourth-order valence-corrected chi connectivity index (χ4v) is 3.92. The second kappa shape index (κ2) is 13.7. The average Bonchev–Trinajstić information content (AvgIpc) is 2.82. The van der Waals surface area contributed by atoms with Crippen LogP contribution in [0.25, 0.3) is 0 Å². The van der Waals surface area contributed by atoms with Crippen molar-refractivity contribution in [2.75, 3.05) is 54.1 Å². The number of guanidine groups is 1. The van der Waals surface area contributed by atoms with Crippen molar-refractivity contribution < 1.29 is 14.2 Å². The van der Waals surface area contributed by atoms with Crippen molar-refractivity contribution in [3.63, 3.8) is 0 Å². The third-order valence-corrected chi connectivity index (χ3v) is 5.69. The Morgan fingerprint density at radius 1 is 1.09 bits per heavy atom. The highest BCUT2D eigenvalue weighted by atomic mass is 127. The highest BCUT2D eigenvalue weighted by molar-refractivity contribution is 14.0. The molecule has 3 rings (SSSR count). The van der Waals surface area contributed by atoms with Crippen molar-refractivity contribution in [1.82, 2.24) is 15.5 Å². The van der Waals surface area contributed by atoms with Gasteiger partial charge in [-0.2, -0.15) is 0 Å². The Hall–Kier alpha value is -1.75. The highest BCUT2D eigenvalue weighted by Crippen LogP contribution is 2.28. The summed E-state index contributed by atoms with van der Waals surface area (Å²) in [5.74, 6) is 2.14. The van der Waals surface area contributed by atoms with E-state index in [0.717, 1.165) is 48.4 Å². The van der Waals surface area contributed by atoms with E-state index in [2.05, 4.69) is 26.6 Å². The van der Waals surface area contributed by atoms with Gasteiger partial charge in [0.25, 0.3) is 0 Å². The standard InChI is InChI=1S/C23H31ClN4O3.HI/c1-25-23(26-15-17-8-9-21(29-2)22(14-17)30-3)27-16-20(28-10-12-31-13-11-28)18-6-4-5-7-19(18)24;/h4-9,14,20H,10-13,15-16H2,1-3H3,(H2,25,26,27);1H. The Labute approximate surface area is 212 Å². The Morgan fingerprint density at radius 2 is 1.81 bits per heavy atom. The molecule has 2 N–H and O–H groups in total. The molecule has 1 saturated heterocycles. The molecule has 2 aromatic rings. The number of hydrogen-bond acceptors (Lipinski definition) is 5. The summed E-state index contributed by atoms with van der Waals surface area (Å²) in [7, 11) is 5.03. The summed E-state index contributed by atoms with van der Waals surface area (Å²) < 4.78 is 16.2. The van der Waals surface area contributed by atoms with E-state index in [9.17, 15) is 0 Å². The first-order chi connectivity index (χ1) is 15.2. The van der Waals surface area contributed by atoms with Gasteiger partial charge in [0.1, 0.15) is 0 Å². The lowest BCUT2D eigenvalue weighted by Crippen LogP contribution is -2.46. The SMILES string of the molecule is CN=C(NCc1ccc(OC)c(OC)c1)NCC(c1ccccc1Cl)N1CCOCC1.I. The van der Waals surface area contributed by atoms with Crippen LogP contribution in [0.2, 0.25) is 5.02 Å². The lowest BCUT2D eigenvalue weighted by Gasteiger charge is -2.35. The smallest absolute Gasteiger partial charge is 0.191 e. The lowest BCUT2D eigenvalue weighted by atomic mass is 10.0. The lowest BCUT2D eigenvalue weighted by molar-refractivity contribution is 0.0170. The summed E-state index contributed by atoms with van der Waals surface area (Å²) in [5, 5.41) is 7.59. The third-order valence-electron chi connectivity index (χ3n) is 5.35. The second-order valence-corrected chi connectivity index (χ2v) is 7.59. The molecule has 9 heteroatoms. The predicted molar refractivity (Wildman–Crippen MR) is 140 cm³/mol. The average molecular weight is 575 g/mol. The number of methoxy groups -OCH3 is 2. The normalized spacial score (nSPS) is 15.4. The van der Waals surface area contributed by atoms with Crippen LogP contribution in [0.1, 0.15) is 17.2 Å². The first-order valence-corrected chi connectivity index (χ1v) is 10.8. The monoisotopic (exact) mass is 574 g/mol. The molecule has 0 spiro atoms. The molecule has 1 heterocycles. The molecule has 0 amide bonds. The molecule has 0 radical (unpaired) electrons. The molecule has 0 saturated carbocycles. The fraction of sp³-hybridized carbons (Fsp3) is 0.435. The van der Waals surface area contributed by atoms with Gasteiger partial charge in [-0.05, 0) is 29.3 Å². The molecular weight excluding hydrogens is 543 g/mol. The van der Waals surface area contributed by atoms with Crippen molar-refractivity contribution in [1.29, 1.82) is 0 Å². The minimum atomic E-state index is 0. The van der Waals surface area contributed by atoms with E-state index in [1.807, 2.05) is 36.4 Å². The van der Waals surface area contributed by atoms with Gasteiger partial charge in [0.15, 0.2) is 17.5 Å². The third kappa shape index (κ3) is 7.13. The van der Waals surface area contributed by atoms with Gasteiger partial charge in [0.2, 0.25) is 0 Å². The van der Waals surface area contributed by atoms with E-state index < -0.39 is 0 Å². The summed E-state index contributed by atoms with van der Waals surface area (Å²) in [6, 6.07) is 14.0. The second-order valence-electron chi connectivity index (χ2n) is 7.18. The topological polar surface area (TPSA) is 67.4 Å². The van der Waals surface area contributed by atoms with Crippen LogP contribution in [0.15, 0.2) is 47.5 Å². The van der Waals surface area contributed by atoms with Gasteiger partial charge in [-0.25, -0.2) is 0 Å². The van der Waals surface area contributed by atoms with Crippen molar-refractivity contribution >= 4 is 41.5 Å². The molecule has 7 nitrogen and oxygen atoms in total. The van der Waals surface area contributed by atoms with Crippen LogP contribution in [-0.2, 0) is 11.3 Å². The number of ether oxygens (including phenoxy) is 3. The largest absolute Gasteiger partial charge is 0.493 e. The number of nitrogens with one attached hydrogen (secondary N) is 2. The number of nitrogens with zero attached hydrogens (tertiary/aromatic N) is 2. The summed E-state index contributed by atoms with van der Waals surface area (Å²) in [6.07, 6.45) is 0. The van der Waals surface area contributed by atoms with Gasteiger partial charge >= 0.3 is 0 Å². The minimum Gasteiger partial charge on any atom is -0.493 e. The van der Waals surface area contributed by atoms with Crippen molar-refractivity contribution in [2.24, 2.45) is 4.99 Å². The predicted octanol–water partition coefficient (Wildman–Crippen LogP) is 3.71. The van der Waals surface area contributed by atoms with Gasteiger partial charge in [-0.3, -0.25) is 9.89 Å². The van der Waals surface area contributed by atoms with Crippen LogP contribution in [0.3, 0.4) is 0 Å². The Kier molecular flexibility index (Phi) is 11.4. The van der Waals surface area contributed by atoms with Crippen LogP contribution in [0.5, 0.6) is 11.5 Å². The number of halogens is 2. The molecule has 1 aliphatic heterocycles. The van der Waals surface area contributed by atoms with E-state index in [-0.39, 0.29) is 30.0 Å². The number of hydrogen-bond donors (Lipinski definition) is 2. The first kappa shape index (κ1) is 26.5. The van der Waals surface area contributed by atoms with Gasteiger partial charge in [-0.15, -0.1) is 24.0 Å². The number of aliphatic imine (C=N–C) groups is 1. The molecule has 0 bridgehead atoms.